The van der Waals surface area contributed by atoms with Crippen LogP contribution in [0.1, 0.15) is 6.92 Å². The zero-order chi connectivity index (χ0) is 15.8. The van der Waals surface area contributed by atoms with Crippen molar-refractivity contribution in [2.45, 2.75) is 17.9 Å². The second kappa shape index (κ2) is 5.30. The maximum atomic E-state index is 12.6. The average molecular weight is 314 g/mol. The summed E-state index contributed by atoms with van der Waals surface area (Å²) in [6.07, 6.45) is 0. The highest BCUT2D eigenvalue weighted by molar-refractivity contribution is 7.89. The lowest BCUT2D eigenvalue weighted by Gasteiger charge is -2.31. The number of anilines is 1. The molecule has 114 valence electrons. The summed E-state index contributed by atoms with van der Waals surface area (Å²) >= 11 is 0. The molecule has 1 heterocycles. The first-order chi connectivity index (χ1) is 9.76. The van der Waals surface area contributed by atoms with Crippen LogP contribution in [0.2, 0.25) is 0 Å². The molecule has 2 rings (SSSR count). The molecule has 0 bridgehead atoms. The van der Waals surface area contributed by atoms with Gasteiger partial charge >= 0.3 is 5.69 Å². The van der Waals surface area contributed by atoms with E-state index in [0.717, 1.165) is 10.4 Å². The smallest absolute Gasteiger partial charge is 0.312 e. The Balaban J connectivity index is 2.57. The quantitative estimate of drug-likeness (QED) is 0.446. The van der Waals surface area contributed by atoms with E-state index >= 15 is 0 Å². The number of nitrogens with zero attached hydrogens (tertiary/aromatic N) is 2. The van der Waals surface area contributed by atoms with E-state index in [1.807, 2.05) is 0 Å². The standard InChI is InChI=1S/C11H14N4O5S/c1-7-11(16)13-5-6-14(7)21(19,20)9-4-2-3-8(12)10(9)15(17)18/h2-4,7H,5-6,12H2,1H3,(H,13,16). The molecule has 1 unspecified atom stereocenters. The Morgan fingerprint density at radius 2 is 2.14 bits per heavy atom. The molecule has 0 spiro atoms. The van der Waals surface area contributed by atoms with E-state index in [1.54, 1.807) is 0 Å². The number of carbonyl (C=O) groups is 1. The molecule has 9 nitrogen and oxygen atoms in total. The number of carbonyl (C=O) groups excluding carboxylic acids is 1. The zero-order valence-electron chi connectivity index (χ0n) is 11.1. The number of nitro groups is 1. The van der Waals surface area contributed by atoms with Crippen molar-refractivity contribution < 1.29 is 18.1 Å². The van der Waals surface area contributed by atoms with Gasteiger partial charge in [0.25, 0.3) is 10.0 Å². The van der Waals surface area contributed by atoms with Crippen molar-refractivity contribution in [1.29, 1.82) is 0 Å². The molecular formula is C11H14N4O5S. The number of nitrogen functional groups attached to an aromatic ring is 1. The summed E-state index contributed by atoms with van der Waals surface area (Å²) in [4.78, 5) is 21.3. The lowest BCUT2D eigenvalue weighted by Crippen LogP contribution is -2.55. The topological polar surface area (TPSA) is 136 Å². The number of benzene rings is 1. The van der Waals surface area contributed by atoms with Gasteiger partial charge in [0, 0.05) is 13.1 Å². The summed E-state index contributed by atoms with van der Waals surface area (Å²) in [5, 5.41) is 13.6. The van der Waals surface area contributed by atoms with Crippen LogP contribution in [-0.2, 0) is 14.8 Å². The minimum absolute atomic E-state index is 0.0429. The Labute approximate surface area is 120 Å². The third-order valence-corrected chi connectivity index (χ3v) is 5.24. The molecular weight excluding hydrogens is 300 g/mol. The van der Waals surface area contributed by atoms with E-state index in [9.17, 15) is 23.3 Å². The van der Waals surface area contributed by atoms with Gasteiger partial charge in [-0.3, -0.25) is 14.9 Å². The largest absolute Gasteiger partial charge is 0.393 e. The van der Waals surface area contributed by atoms with Crippen molar-refractivity contribution >= 4 is 27.3 Å². The van der Waals surface area contributed by atoms with Gasteiger partial charge in [-0.05, 0) is 19.1 Å². The van der Waals surface area contributed by atoms with Gasteiger partial charge in [-0.25, -0.2) is 8.42 Å². The molecule has 0 aliphatic carbocycles. The van der Waals surface area contributed by atoms with Crippen molar-refractivity contribution in [2.24, 2.45) is 0 Å². The monoisotopic (exact) mass is 314 g/mol. The number of nitro benzene ring substituents is 1. The first-order valence-electron chi connectivity index (χ1n) is 6.09. The second-order valence-corrected chi connectivity index (χ2v) is 6.39. The number of para-hydroxylation sites is 1. The number of nitrogens with one attached hydrogen (secondary N) is 1. The van der Waals surface area contributed by atoms with Crippen molar-refractivity contribution in [3.63, 3.8) is 0 Å². The zero-order valence-corrected chi connectivity index (χ0v) is 12.0. The van der Waals surface area contributed by atoms with Crippen molar-refractivity contribution in [1.82, 2.24) is 9.62 Å². The number of sulfonamides is 1. The first kappa shape index (κ1) is 15.2. The second-order valence-electron chi connectivity index (χ2n) is 4.53. The van der Waals surface area contributed by atoms with Gasteiger partial charge in [0.1, 0.15) is 11.7 Å². The molecule has 3 N–H and O–H groups in total. The van der Waals surface area contributed by atoms with Crippen LogP contribution in [0.15, 0.2) is 23.1 Å². The van der Waals surface area contributed by atoms with Crippen LogP contribution in [0, 0.1) is 10.1 Å². The van der Waals surface area contributed by atoms with Gasteiger partial charge in [-0.1, -0.05) is 6.07 Å². The predicted molar refractivity (Wildman–Crippen MR) is 73.9 cm³/mol. The van der Waals surface area contributed by atoms with Crippen LogP contribution < -0.4 is 11.1 Å². The van der Waals surface area contributed by atoms with Crippen LogP contribution in [-0.4, -0.2) is 42.7 Å². The third-order valence-electron chi connectivity index (χ3n) is 3.24. The van der Waals surface area contributed by atoms with Crippen molar-refractivity contribution in [2.75, 3.05) is 18.8 Å². The highest BCUT2D eigenvalue weighted by Crippen LogP contribution is 2.32. The SMILES string of the molecule is CC1C(=O)NCCN1S(=O)(=O)c1cccc(N)c1[N+](=O)[O-]. The molecule has 1 fully saturated rings. The number of nitrogens with two attached hydrogens (primary N) is 1. The maximum absolute atomic E-state index is 12.6. The average Bonchev–Trinajstić information content (AvgIpc) is 2.41. The Morgan fingerprint density at radius 3 is 2.76 bits per heavy atom. The molecule has 10 heteroatoms. The summed E-state index contributed by atoms with van der Waals surface area (Å²) < 4.78 is 26.2. The minimum atomic E-state index is -4.19. The van der Waals surface area contributed by atoms with Gasteiger partial charge in [0.2, 0.25) is 5.91 Å². The van der Waals surface area contributed by atoms with Crippen LogP contribution in [0.25, 0.3) is 0 Å². The molecule has 1 aliphatic rings. The summed E-state index contributed by atoms with van der Waals surface area (Å²) in [6.45, 7) is 1.61. The predicted octanol–water partition coefficient (Wildman–Crippen LogP) is -0.314. The Kier molecular flexibility index (Phi) is 3.83. The minimum Gasteiger partial charge on any atom is -0.393 e. The molecule has 1 aromatic carbocycles. The number of rotatable bonds is 3. The molecule has 0 radical (unpaired) electrons. The van der Waals surface area contributed by atoms with E-state index in [4.69, 9.17) is 5.73 Å². The Bertz CT molecular complexity index is 703. The van der Waals surface area contributed by atoms with Crippen LogP contribution >= 0.6 is 0 Å². The highest BCUT2D eigenvalue weighted by Gasteiger charge is 2.39. The summed E-state index contributed by atoms with van der Waals surface area (Å²) in [6, 6.07) is 2.75. The number of amides is 1. The highest BCUT2D eigenvalue weighted by atomic mass is 32.2. The van der Waals surface area contributed by atoms with Gasteiger partial charge in [0.05, 0.1) is 4.92 Å². The van der Waals surface area contributed by atoms with Crippen LogP contribution in [0.3, 0.4) is 0 Å². The molecule has 21 heavy (non-hydrogen) atoms. The van der Waals surface area contributed by atoms with E-state index < -0.39 is 37.5 Å². The normalized spacial score (nSPS) is 20.0. The van der Waals surface area contributed by atoms with Gasteiger partial charge in [-0.2, -0.15) is 4.31 Å². The molecule has 1 aromatic rings. The molecule has 1 amide bonds. The summed E-state index contributed by atoms with van der Waals surface area (Å²) in [5.74, 6) is -0.448. The molecule has 1 aliphatic heterocycles. The summed E-state index contributed by atoms with van der Waals surface area (Å²) in [5.41, 5.74) is 4.60. The Hall–Kier alpha value is -2.20. The van der Waals surface area contributed by atoms with Gasteiger partial charge < -0.3 is 11.1 Å². The van der Waals surface area contributed by atoms with E-state index in [-0.39, 0.29) is 18.8 Å². The van der Waals surface area contributed by atoms with Crippen LogP contribution in [0.5, 0.6) is 0 Å². The lowest BCUT2D eigenvalue weighted by molar-refractivity contribution is -0.386. The van der Waals surface area contributed by atoms with Crippen molar-refractivity contribution in [3.05, 3.63) is 28.3 Å². The third kappa shape index (κ3) is 2.54. The van der Waals surface area contributed by atoms with Crippen molar-refractivity contribution in [3.8, 4) is 0 Å². The van der Waals surface area contributed by atoms with E-state index in [2.05, 4.69) is 5.32 Å². The number of hydrogen-bond donors (Lipinski definition) is 2. The number of piperazine rings is 1. The fraction of sp³-hybridized carbons (Fsp3) is 0.364. The molecule has 1 atom stereocenters. The van der Waals surface area contributed by atoms with Gasteiger partial charge in [-0.15, -0.1) is 0 Å². The fourth-order valence-corrected chi connectivity index (χ4v) is 3.94. The number of hydrogen-bond acceptors (Lipinski definition) is 6. The Morgan fingerprint density at radius 1 is 1.48 bits per heavy atom. The molecule has 0 saturated carbocycles. The molecule has 1 saturated heterocycles. The van der Waals surface area contributed by atoms with E-state index in [0.29, 0.717) is 0 Å². The molecule has 0 aromatic heterocycles. The fourth-order valence-electron chi connectivity index (χ4n) is 2.16. The van der Waals surface area contributed by atoms with E-state index in [1.165, 1.54) is 19.1 Å². The van der Waals surface area contributed by atoms with Crippen LogP contribution in [0.4, 0.5) is 11.4 Å². The summed E-state index contributed by atoms with van der Waals surface area (Å²) in [7, 11) is -4.19. The maximum Gasteiger partial charge on any atom is 0.312 e. The first-order valence-corrected chi connectivity index (χ1v) is 7.53. The van der Waals surface area contributed by atoms with Gasteiger partial charge in [0.15, 0.2) is 4.90 Å². The lowest BCUT2D eigenvalue weighted by atomic mass is 10.2.